The van der Waals surface area contributed by atoms with Crippen LogP contribution in [0.25, 0.3) is 22.2 Å². The van der Waals surface area contributed by atoms with Crippen molar-refractivity contribution in [1.82, 2.24) is 15.0 Å². The van der Waals surface area contributed by atoms with Crippen LogP contribution in [-0.4, -0.2) is 22.0 Å². The first kappa shape index (κ1) is 12.7. The fraction of sp³-hybridized carbons (Fsp3) is 0.250. The zero-order chi connectivity index (χ0) is 13.9. The van der Waals surface area contributed by atoms with E-state index in [-0.39, 0.29) is 0 Å². The number of rotatable bonds is 4. The Kier molecular flexibility index (Phi) is 3.37. The number of para-hydroxylation sites is 1. The number of nitrogens with one attached hydrogen (secondary N) is 2. The molecule has 0 bridgehead atoms. The van der Waals surface area contributed by atoms with Crippen LogP contribution in [0.1, 0.15) is 18.9 Å². The molecule has 4 nitrogen and oxygen atoms in total. The number of aromatic nitrogens is 3. The minimum atomic E-state index is 0.658. The zero-order valence-electron chi connectivity index (χ0n) is 11.8. The normalized spacial score (nSPS) is 10.9. The number of aromatic amines is 1. The van der Waals surface area contributed by atoms with E-state index in [2.05, 4.69) is 45.4 Å². The van der Waals surface area contributed by atoms with Gasteiger partial charge in [-0.25, -0.2) is 9.97 Å². The lowest BCUT2D eigenvalue weighted by Gasteiger charge is -2.08. The Hall–Kier alpha value is -2.36. The van der Waals surface area contributed by atoms with Gasteiger partial charge < -0.3 is 10.3 Å². The Labute approximate surface area is 118 Å². The van der Waals surface area contributed by atoms with Crippen LogP contribution in [0, 0.1) is 0 Å². The Morgan fingerprint density at radius 3 is 2.90 bits per heavy atom. The fourth-order valence-corrected chi connectivity index (χ4v) is 2.48. The maximum Gasteiger partial charge on any atom is 0.222 e. The minimum Gasteiger partial charge on any atom is -0.360 e. The summed E-state index contributed by atoms with van der Waals surface area (Å²) < 4.78 is 0. The summed E-state index contributed by atoms with van der Waals surface area (Å²) in [5.74, 6) is 0.658. The lowest BCUT2D eigenvalue weighted by Crippen LogP contribution is -2.01. The molecule has 2 heterocycles. The number of aryl methyl sites for hydroxylation is 1. The predicted molar refractivity (Wildman–Crippen MR) is 82.9 cm³/mol. The monoisotopic (exact) mass is 266 g/mol. The molecule has 3 rings (SSSR count). The highest BCUT2D eigenvalue weighted by molar-refractivity contribution is 5.95. The van der Waals surface area contributed by atoms with Crippen molar-refractivity contribution in [2.75, 3.05) is 12.4 Å². The van der Waals surface area contributed by atoms with E-state index in [9.17, 15) is 0 Å². The highest BCUT2D eigenvalue weighted by atomic mass is 15.1. The maximum atomic E-state index is 4.66. The Balaban J connectivity index is 2.21. The van der Waals surface area contributed by atoms with E-state index >= 15 is 0 Å². The van der Waals surface area contributed by atoms with Crippen LogP contribution in [0.4, 0.5) is 5.95 Å². The summed E-state index contributed by atoms with van der Waals surface area (Å²) in [6, 6.07) is 8.30. The number of H-pyrrole nitrogens is 1. The second-order valence-electron chi connectivity index (χ2n) is 4.82. The summed E-state index contributed by atoms with van der Waals surface area (Å²) in [5, 5.41) is 4.21. The van der Waals surface area contributed by atoms with Crippen molar-refractivity contribution in [2.45, 2.75) is 19.8 Å². The molecule has 0 fully saturated rings. The van der Waals surface area contributed by atoms with Crippen LogP contribution in [0.2, 0.25) is 0 Å². The first-order chi connectivity index (χ1) is 9.83. The van der Waals surface area contributed by atoms with Gasteiger partial charge in [-0.15, -0.1) is 0 Å². The minimum absolute atomic E-state index is 0.658. The second kappa shape index (κ2) is 5.33. The van der Waals surface area contributed by atoms with Gasteiger partial charge in [0.05, 0.1) is 5.69 Å². The van der Waals surface area contributed by atoms with Crippen LogP contribution < -0.4 is 5.32 Å². The molecule has 102 valence electrons. The maximum absolute atomic E-state index is 4.66. The average Bonchev–Trinajstić information content (AvgIpc) is 2.92. The van der Waals surface area contributed by atoms with E-state index < -0.39 is 0 Å². The lowest BCUT2D eigenvalue weighted by molar-refractivity contribution is 0.905. The molecular formula is C16H18N4. The molecule has 0 aliphatic carbocycles. The molecule has 3 aromatic rings. The van der Waals surface area contributed by atoms with Crippen LogP contribution in [-0.2, 0) is 6.42 Å². The Morgan fingerprint density at radius 2 is 2.10 bits per heavy atom. The summed E-state index contributed by atoms with van der Waals surface area (Å²) in [6.45, 7) is 2.17. The highest BCUT2D eigenvalue weighted by Crippen LogP contribution is 2.30. The van der Waals surface area contributed by atoms with Gasteiger partial charge >= 0.3 is 0 Å². The van der Waals surface area contributed by atoms with Crippen molar-refractivity contribution in [3.8, 4) is 11.3 Å². The number of anilines is 1. The molecule has 0 spiro atoms. The van der Waals surface area contributed by atoms with E-state index in [4.69, 9.17) is 0 Å². The molecular weight excluding hydrogens is 248 g/mol. The largest absolute Gasteiger partial charge is 0.360 e. The van der Waals surface area contributed by atoms with Gasteiger partial charge in [-0.05, 0) is 18.1 Å². The van der Waals surface area contributed by atoms with Gasteiger partial charge in [0, 0.05) is 35.9 Å². The average molecular weight is 266 g/mol. The Morgan fingerprint density at radius 1 is 1.25 bits per heavy atom. The van der Waals surface area contributed by atoms with Gasteiger partial charge in [0.15, 0.2) is 0 Å². The number of fused-ring (bicyclic) bond motifs is 1. The van der Waals surface area contributed by atoms with Crippen molar-refractivity contribution >= 4 is 16.9 Å². The van der Waals surface area contributed by atoms with Gasteiger partial charge in [-0.2, -0.15) is 0 Å². The molecule has 0 radical (unpaired) electrons. The van der Waals surface area contributed by atoms with Crippen molar-refractivity contribution in [2.24, 2.45) is 0 Å². The third kappa shape index (κ3) is 2.13. The lowest BCUT2D eigenvalue weighted by atomic mass is 10.0. The molecule has 2 aromatic heterocycles. The third-order valence-corrected chi connectivity index (χ3v) is 3.45. The number of hydrogen-bond donors (Lipinski definition) is 2. The first-order valence-corrected chi connectivity index (χ1v) is 6.93. The van der Waals surface area contributed by atoms with Crippen molar-refractivity contribution in [1.29, 1.82) is 0 Å². The van der Waals surface area contributed by atoms with Crippen molar-refractivity contribution in [3.63, 3.8) is 0 Å². The standard InChI is InChI=1S/C16H18N4/c1-3-6-11-9-19-16(17-2)20-15(11)13-10-18-14-8-5-4-7-12(13)14/h4-5,7-10,18H,3,6H2,1-2H3,(H,17,19,20). The van der Waals surface area contributed by atoms with Gasteiger partial charge in [0.1, 0.15) is 0 Å². The molecule has 0 aliphatic rings. The zero-order valence-corrected chi connectivity index (χ0v) is 11.8. The molecule has 0 aliphatic heterocycles. The highest BCUT2D eigenvalue weighted by Gasteiger charge is 2.12. The van der Waals surface area contributed by atoms with Crippen LogP contribution in [0.5, 0.6) is 0 Å². The number of hydrogen-bond acceptors (Lipinski definition) is 3. The molecule has 0 unspecified atom stereocenters. The van der Waals surface area contributed by atoms with Crippen molar-refractivity contribution in [3.05, 3.63) is 42.2 Å². The Bertz CT molecular complexity index is 730. The fourth-order valence-electron chi connectivity index (χ4n) is 2.48. The SMILES string of the molecule is CCCc1cnc(NC)nc1-c1c[nH]c2ccccc12. The molecule has 0 atom stereocenters. The van der Waals surface area contributed by atoms with E-state index in [1.807, 2.05) is 25.5 Å². The van der Waals surface area contributed by atoms with Crippen LogP contribution in [0.3, 0.4) is 0 Å². The summed E-state index contributed by atoms with van der Waals surface area (Å²) in [6.07, 6.45) is 6.03. The van der Waals surface area contributed by atoms with E-state index in [0.29, 0.717) is 5.95 Å². The molecule has 0 saturated heterocycles. The molecule has 4 heteroatoms. The third-order valence-electron chi connectivity index (χ3n) is 3.45. The van der Waals surface area contributed by atoms with Gasteiger partial charge in [0.25, 0.3) is 0 Å². The summed E-state index contributed by atoms with van der Waals surface area (Å²) >= 11 is 0. The van der Waals surface area contributed by atoms with E-state index in [0.717, 1.165) is 29.6 Å². The second-order valence-corrected chi connectivity index (χ2v) is 4.82. The van der Waals surface area contributed by atoms with Gasteiger partial charge in [-0.3, -0.25) is 0 Å². The van der Waals surface area contributed by atoms with E-state index in [1.165, 1.54) is 10.9 Å². The van der Waals surface area contributed by atoms with Crippen LogP contribution >= 0.6 is 0 Å². The van der Waals surface area contributed by atoms with Gasteiger partial charge in [-0.1, -0.05) is 31.5 Å². The summed E-state index contributed by atoms with van der Waals surface area (Å²) in [5.41, 5.74) is 4.48. The molecule has 1 aromatic carbocycles. The predicted octanol–water partition coefficient (Wildman–Crippen LogP) is 3.62. The number of benzene rings is 1. The molecule has 0 amide bonds. The first-order valence-electron chi connectivity index (χ1n) is 6.93. The molecule has 0 saturated carbocycles. The molecule has 20 heavy (non-hydrogen) atoms. The summed E-state index contributed by atoms with van der Waals surface area (Å²) in [4.78, 5) is 12.3. The number of nitrogens with zero attached hydrogens (tertiary/aromatic N) is 2. The smallest absolute Gasteiger partial charge is 0.222 e. The quantitative estimate of drug-likeness (QED) is 0.758. The topological polar surface area (TPSA) is 53.6 Å². The van der Waals surface area contributed by atoms with Crippen molar-refractivity contribution < 1.29 is 0 Å². The summed E-state index contributed by atoms with van der Waals surface area (Å²) in [7, 11) is 1.84. The van der Waals surface area contributed by atoms with Crippen LogP contribution in [0.15, 0.2) is 36.7 Å². The molecule has 2 N–H and O–H groups in total. The van der Waals surface area contributed by atoms with Gasteiger partial charge in [0.2, 0.25) is 5.95 Å². The van der Waals surface area contributed by atoms with E-state index in [1.54, 1.807) is 0 Å².